The van der Waals surface area contributed by atoms with E-state index in [1.807, 2.05) is 31.2 Å². The smallest absolute Gasteiger partial charge is 0.338 e. The van der Waals surface area contributed by atoms with E-state index in [0.717, 1.165) is 5.56 Å². The topological polar surface area (TPSA) is 77.4 Å². The average molecular weight is 416 g/mol. The van der Waals surface area contributed by atoms with Crippen molar-refractivity contribution in [2.45, 2.75) is 25.1 Å². The molecule has 1 saturated heterocycles. The number of hydrogen-bond acceptors (Lipinski definition) is 7. The van der Waals surface area contributed by atoms with E-state index in [-0.39, 0.29) is 17.8 Å². The second-order valence-electron chi connectivity index (χ2n) is 6.56. The molecule has 2 aliphatic heterocycles. The predicted octanol–water partition coefficient (Wildman–Crippen LogP) is 3.09. The highest BCUT2D eigenvalue weighted by Gasteiger charge is 2.46. The summed E-state index contributed by atoms with van der Waals surface area (Å²) >= 11 is 1.39. The Labute approximate surface area is 174 Å². The molecule has 2 heterocycles. The summed E-state index contributed by atoms with van der Waals surface area (Å²) in [4.78, 5) is 31.8. The Balaban J connectivity index is 1.98. The second kappa shape index (κ2) is 9.28. The maximum atomic E-state index is 12.9. The molecule has 0 aliphatic carbocycles. The third-order valence-corrected chi connectivity index (χ3v) is 5.62. The lowest BCUT2D eigenvalue weighted by molar-refractivity contribution is -0.141. The van der Waals surface area contributed by atoms with Crippen molar-refractivity contribution in [2.75, 3.05) is 26.9 Å². The Morgan fingerprint density at radius 1 is 1.31 bits per heavy atom. The molecule has 0 radical (unpaired) electrons. The van der Waals surface area contributed by atoms with E-state index in [9.17, 15) is 9.59 Å². The summed E-state index contributed by atoms with van der Waals surface area (Å²) in [5.41, 5.74) is 1.68. The number of carbonyl (C=O) groups excluding carboxylic acids is 2. The van der Waals surface area contributed by atoms with Crippen molar-refractivity contribution in [1.82, 2.24) is 4.90 Å². The number of fused-ring (bicyclic) bond motifs is 1. The Morgan fingerprint density at radius 3 is 2.69 bits per heavy atom. The van der Waals surface area contributed by atoms with E-state index >= 15 is 0 Å². The molecule has 0 saturated carbocycles. The summed E-state index contributed by atoms with van der Waals surface area (Å²) < 4.78 is 15.9. The highest BCUT2D eigenvalue weighted by atomic mass is 32.2. The first-order valence-corrected chi connectivity index (χ1v) is 10.1. The number of nitrogens with zero attached hydrogens (tertiary/aromatic N) is 2. The van der Waals surface area contributed by atoms with Gasteiger partial charge in [0, 0.05) is 7.11 Å². The zero-order valence-electron chi connectivity index (χ0n) is 16.7. The monoisotopic (exact) mass is 416 g/mol. The van der Waals surface area contributed by atoms with Gasteiger partial charge in [0.2, 0.25) is 5.91 Å². The summed E-state index contributed by atoms with van der Waals surface area (Å²) in [5.74, 6) is 0.0934. The molecule has 1 fully saturated rings. The van der Waals surface area contributed by atoms with Gasteiger partial charge in [0.1, 0.15) is 19.0 Å². The zero-order valence-corrected chi connectivity index (χ0v) is 17.5. The number of hydrogen-bond donors (Lipinski definition) is 0. The molecule has 1 aromatic carbocycles. The van der Waals surface area contributed by atoms with Crippen LogP contribution in [0.5, 0.6) is 5.75 Å². The summed E-state index contributed by atoms with van der Waals surface area (Å²) in [6, 6.07) is 6.72. The van der Waals surface area contributed by atoms with E-state index < -0.39 is 12.0 Å². The van der Waals surface area contributed by atoms with E-state index in [1.165, 1.54) is 18.9 Å². The van der Waals surface area contributed by atoms with Crippen molar-refractivity contribution in [3.63, 3.8) is 0 Å². The number of thioether (sulfide) groups is 1. The van der Waals surface area contributed by atoms with Crippen LogP contribution in [0.15, 0.2) is 53.2 Å². The first-order valence-electron chi connectivity index (χ1n) is 9.26. The fraction of sp³-hybridized carbons (Fsp3) is 0.381. The molecule has 0 bridgehead atoms. The average Bonchev–Trinajstić information content (AvgIpc) is 2.99. The van der Waals surface area contributed by atoms with Crippen LogP contribution in [0.25, 0.3) is 0 Å². The Kier molecular flexibility index (Phi) is 6.76. The van der Waals surface area contributed by atoms with Gasteiger partial charge in [-0.15, -0.1) is 0 Å². The number of esters is 1. The maximum Gasteiger partial charge on any atom is 0.338 e. The van der Waals surface area contributed by atoms with Gasteiger partial charge in [0.05, 0.1) is 29.2 Å². The molecule has 154 valence electrons. The molecule has 7 nitrogen and oxygen atoms in total. The molecule has 3 rings (SSSR count). The number of amides is 1. The molecule has 1 amide bonds. The number of aliphatic imine (C=N–C) groups is 1. The molecule has 8 heteroatoms. The number of benzene rings is 1. The first kappa shape index (κ1) is 21.1. The minimum atomic E-state index is -0.601. The Morgan fingerprint density at radius 2 is 2.03 bits per heavy atom. The third-order valence-electron chi connectivity index (χ3n) is 4.56. The largest absolute Gasteiger partial charge is 0.490 e. The number of allylic oxidation sites excluding steroid dienone is 1. The van der Waals surface area contributed by atoms with Gasteiger partial charge in [-0.05, 0) is 31.5 Å². The van der Waals surface area contributed by atoms with E-state index in [2.05, 4.69) is 11.6 Å². The molecule has 2 atom stereocenters. The van der Waals surface area contributed by atoms with Gasteiger partial charge in [0.25, 0.3) is 0 Å². The number of rotatable bonds is 8. The predicted molar refractivity (Wildman–Crippen MR) is 112 cm³/mol. The lowest BCUT2D eigenvalue weighted by Crippen LogP contribution is -2.40. The Bertz CT molecular complexity index is 862. The van der Waals surface area contributed by atoms with Gasteiger partial charge in [-0.2, -0.15) is 0 Å². The molecule has 1 aromatic rings. The highest BCUT2D eigenvalue weighted by Crippen LogP contribution is 2.43. The van der Waals surface area contributed by atoms with Crippen LogP contribution in [0.1, 0.15) is 25.5 Å². The highest BCUT2D eigenvalue weighted by molar-refractivity contribution is 8.15. The normalized spacial score (nSPS) is 21.0. The summed E-state index contributed by atoms with van der Waals surface area (Å²) in [7, 11) is 1.54. The first-order chi connectivity index (χ1) is 14.0. The van der Waals surface area contributed by atoms with Crippen LogP contribution in [0.4, 0.5) is 0 Å². The van der Waals surface area contributed by atoms with Crippen LogP contribution in [-0.4, -0.2) is 54.1 Å². The maximum absolute atomic E-state index is 12.9. The van der Waals surface area contributed by atoms with Crippen LogP contribution in [-0.2, 0) is 19.1 Å². The zero-order chi connectivity index (χ0) is 21.0. The number of amidine groups is 1. The van der Waals surface area contributed by atoms with Crippen LogP contribution in [0, 0.1) is 0 Å². The molecule has 0 aromatic heterocycles. The van der Waals surface area contributed by atoms with E-state index in [0.29, 0.717) is 35.4 Å². The fourth-order valence-corrected chi connectivity index (χ4v) is 4.21. The van der Waals surface area contributed by atoms with E-state index in [1.54, 1.807) is 17.9 Å². The van der Waals surface area contributed by atoms with Gasteiger partial charge >= 0.3 is 5.97 Å². The van der Waals surface area contributed by atoms with Gasteiger partial charge in [-0.3, -0.25) is 9.69 Å². The van der Waals surface area contributed by atoms with Crippen molar-refractivity contribution in [1.29, 1.82) is 0 Å². The van der Waals surface area contributed by atoms with Gasteiger partial charge in [-0.25, -0.2) is 9.79 Å². The molecular weight excluding hydrogens is 392 g/mol. The van der Waals surface area contributed by atoms with Crippen LogP contribution in [0.2, 0.25) is 0 Å². The fourth-order valence-electron chi connectivity index (χ4n) is 3.18. The van der Waals surface area contributed by atoms with Gasteiger partial charge < -0.3 is 14.2 Å². The molecule has 0 N–H and O–H groups in total. The standard InChI is InChI=1S/C21H24N2O5S/c1-5-10-27-16-8-6-15(7-9-16)18-17(20(25)28-12-11-26-4)13(2)22-21-23(18)19(24)14(3)29-21/h5-9,14,18H,1,10-12H2,2-4H3. The lowest BCUT2D eigenvalue weighted by atomic mass is 9.94. The van der Waals surface area contributed by atoms with Crippen molar-refractivity contribution in [3.05, 3.63) is 53.8 Å². The minimum Gasteiger partial charge on any atom is -0.490 e. The number of ether oxygens (including phenoxy) is 3. The molecule has 2 unspecified atom stereocenters. The summed E-state index contributed by atoms with van der Waals surface area (Å²) in [5, 5.41) is 0.341. The summed E-state index contributed by atoms with van der Waals surface area (Å²) in [6.07, 6.45) is 1.67. The summed E-state index contributed by atoms with van der Waals surface area (Å²) in [6.45, 7) is 8.05. The molecular formula is C21H24N2O5S. The lowest BCUT2D eigenvalue weighted by Gasteiger charge is -2.33. The molecule has 0 spiro atoms. The number of methoxy groups -OCH3 is 1. The van der Waals surface area contributed by atoms with E-state index in [4.69, 9.17) is 14.2 Å². The van der Waals surface area contributed by atoms with Gasteiger partial charge in [-0.1, -0.05) is 36.5 Å². The Hall–Kier alpha value is -2.58. The SMILES string of the molecule is C=CCOc1ccc(C2C(C(=O)OCCOC)=C(C)N=C3SC(C)C(=O)N32)cc1. The second-order valence-corrected chi connectivity index (χ2v) is 7.87. The van der Waals surface area contributed by atoms with Crippen molar-refractivity contribution in [3.8, 4) is 5.75 Å². The van der Waals surface area contributed by atoms with Crippen LogP contribution in [0.3, 0.4) is 0 Å². The molecule has 29 heavy (non-hydrogen) atoms. The third kappa shape index (κ3) is 4.38. The van der Waals surface area contributed by atoms with Crippen LogP contribution < -0.4 is 4.74 Å². The van der Waals surface area contributed by atoms with Gasteiger partial charge in [0.15, 0.2) is 5.17 Å². The van der Waals surface area contributed by atoms with Crippen molar-refractivity contribution >= 4 is 28.8 Å². The minimum absolute atomic E-state index is 0.0829. The van der Waals surface area contributed by atoms with Crippen molar-refractivity contribution < 1.29 is 23.8 Å². The quantitative estimate of drug-likeness (QED) is 0.368. The number of carbonyl (C=O) groups is 2. The molecule has 2 aliphatic rings. The van der Waals surface area contributed by atoms with Crippen LogP contribution >= 0.6 is 11.8 Å². The van der Waals surface area contributed by atoms with Crippen molar-refractivity contribution in [2.24, 2.45) is 4.99 Å².